The van der Waals surface area contributed by atoms with Crippen LogP contribution in [-0.2, 0) is 17.8 Å². The minimum Gasteiger partial charge on any atom is -0.352 e. The van der Waals surface area contributed by atoms with Gasteiger partial charge in [0, 0.05) is 24.2 Å². The molecular weight excluding hydrogens is 355 g/mol. The van der Waals surface area contributed by atoms with Crippen LogP contribution >= 0.6 is 0 Å². The molecule has 0 bridgehead atoms. The Labute approximate surface area is 163 Å². The zero-order valence-corrected chi connectivity index (χ0v) is 15.3. The third-order valence-corrected chi connectivity index (χ3v) is 4.26. The summed E-state index contributed by atoms with van der Waals surface area (Å²) in [7, 11) is 0. The quantitative estimate of drug-likeness (QED) is 0.645. The van der Waals surface area contributed by atoms with Crippen LogP contribution in [0.3, 0.4) is 0 Å². The summed E-state index contributed by atoms with van der Waals surface area (Å²) in [4.78, 5) is 24.3. The standard InChI is InChI=1S/C23H21FN2O2/c24-20-12-10-19(11-13-20)23(28)26-21-8-4-7-18(15-21)16-25-22(27)14-9-17-5-2-1-3-6-17/h1-8,10-13,15H,9,14,16H2,(H,25,27)(H,26,28). The van der Waals surface area contributed by atoms with Gasteiger partial charge in [-0.1, -0.05) is 42.5 Å². The van der Waals surface area contributed by atoms with Crippen LogP contribution in [0.25, 0.3) is 0 Å². The third-order valence-electron chi connectivity index (χ3n) is 4.26. The van der Waals surface area contributed by atoms with Gasteiger partial charge in [0.2, 0.25) is 5.91 Å². The van der Waals surface area contributed by atoms with Crippen LogP contribution < -0.4 is 10.6 Å². The van der Waals surface area contributed by atoms with Gasteiger partial charge in [0.1, 0.15) is 5.82 Å². The second-order valence-corrected chi connectivity index (χ2v) is 6.42. The van der Waals surface area contributed by atoms with E-state index in [0.717, 1.165) is 11.1 Å². The summed E-state index contributed by atoms with van der Waals surface area (Å²) in [6.45, 7) is 0.383. The van der Waals surface area contributed by atoms with Gasteiger partial charge in [0.25, 0.3) is 5.91 Å². The van der Waals surface area contributed by atoms with Crippen molar-refractivity contribution in [1.82, 2.24) is 5.32 Å². The van der Waals surface area contributed by atoms with Gasteiger partial charge < -0.3 is 10.6 Å². The number of rotatable bonds is 7. The molecule has 3 rings (SSSR count). The first kappa shape index (κ1) is 19.3. The molecule has 0 unspecified atom stereocenters. The number of carbonyl (C=O) groups is 2. The van der Waals surface area contributed by atoms with Gasteiger partial charge >= 0.3 is 0 Å². The molecule has 0 aliphatic carbocycles. The minimum absolute atomic E-state index is 0.0235. The minimum atomic E-state index is -0.387. The van der Waals surface area contributed by atoms with Crippen LogP contribution in [0.1, 0.15) is 27.9 Å². The fourth-order valence-corrected chi connectivity index (χ4v) is 2.76. The molecule has 0 aromatic heterocycles. The van der Waals surface area contributed by atoms with Gasteiger partial charge in [-0.25, -0.2) is 4.39 Å². The number of halogens is 1. The zero-order valence-electron chi connectivity index (χ0n) is 15.3. The van der Waals surface area contributed by atoms with Gasteiger partial charge in [0.05, 0.1) is 0 Å². The molecular formula is C23H21FN2O2. The highest BCUT2D eigenvalue weighted by atomic mass is 19.1. The first-order chi connectivity index (χ1) is 13.6. The number of benzene rings is 3. The van der Waals surface area contributed by atoms with Crippen LogP contribution in [0, 0.1) is 5.82 Å². The van der Waals surface area contributed by atoms with Crippen molar-refractivity contribution in [3.05, 3.63) is 101 Å². The molecule has 0 radical (unpaired) electrons. The highest BCUT2D eigenvalue weighted by molar-refractivity contribution is 6.04. The summed E-state index contributed by atoms with van der Waals surface area (Å²) in [6.07, 6.45) is 1.12. The Hall–Kier alpha value is -3.47. The molecule has 0 spiro atoms. The Morgan fingerprint density at radius 3 is 2.29 bits per heavy atom. The highest BCUT2D eigenvalue weighted by Crippen LogP contribution is 2.13. The Bertz CT molecular complexity index is 940. The van der Waals surface area contributed by atoms with Crippen molar-refractivity contribution in [3.63, 3.8) is 0 Å². The van der Waals surface area contributed by atoms with Gasteiger partial charge in [0.15, 0.2) is 0 Å². The molecule has 0 saturated heterocycles. The molecule has 3 aromatic carbocycles. The molecule has 2 N–H and O–H groups in total. The van der Waals surface area contributed by atoms with Crippen LogP contribution in [0.15, 0.2) is 78.9 Å². The maximum absolute atomic E-state index is 13.0. The predicted octanol–water partition coefficient (Wildman–Crippen LogP) is 4.33. The van der Waals surface area contributed by atoms with Crippen molar-refractivity contribution in [2.75, 3.05) is 5.32 Å². The molecule has 0 heterocycles. The Morgan fingerprint density at radius 2 is 1.54 bits per heavy atom. The van der Waals surface area contributed by atoms with Gasteiger partial charge in [-0.05, 0) is 53.9 Å². The fourth-order valence-electron chi connectivity index (χ4n) is 2.76. The molecule has 5 heteroatoms. The molecule has 3 aromatic rings. The molecule has 28 heavy (non-hydrogen) atoms. The number of anilines is 1. The van der Waals surface area contributed by atoms with Gasteiger partial charge in [-0.3, -0.25) is 9.59 Å². The second kappa shape index (κ2) is 9.46. The number of nitrogens with one attached hydrogen (secondary N) is 2. The average Bonchev–Trinajstić information content (AvgIpc) is 2.72. The number of amides is 2. The Morgan fingerprint density at radius 1 is 0.821 bits per heavy atom. The van der Waals surface area contributed by atoms with Crippen molar-refractivity contribution in [3.8, 4) is 0 Å². The number of hydrogen-bond donors (Lipinski definition) is 2. The van der Waals surface area contributed by atoms with E-state index in [1.54, 1.807) is 12.1 Å². The highest BCUT2D eigenvalue weighted by Gasteiger charge is 2.07. The van der Waals surface area contributed by atoms with E-state index in [2.05, 4.69) is 10.6 Å². The molecule has 0 aliphatic rings. The topological polar surface area (TPSA) is 58.2 Å². The fraction of sp³-hybridized carbons (Fsp3) is 0.130. The lowest BCUT2D eigenvalue weighted by molar-refractivity contribution is -0.121. The van der Waals surface area contributed by atoms with Crippen molar-refractivity contribution >= 4 is 17.5 Å². The molecule has 0 aliphatic heterocycles. The van der Waals surface area contributed by atoms with Crippen molar-refractivity contribution in [1.29, 1.82) is 0 Å². The van der Waals surface area contributed by atoms with E-state index >= 15 is 0 Å². The van der Waals surface area contributed by atoms with E-state index in [1.165, 1.54) is 24.3 Å². The summed E-state index contributed by atoms with van der Waals surface area (Å²) < 4.78 is 13.0. The lowest BCUT2D eigenvalue weighted by Gasteiger charge is -2.09. The van der Waals surface area contributed by atoms with Crippen molar-refractivity contribution in [2.45, 2.75) is 19.4 Å². The number of hydrogen-bond acceptors (Lipinski definition) is 2. The summed E-state index contributed by atoms with van der Waals surface area (Å²) in [6, 6.07) is 22.5. The lowest BCUT2D eigenvalue weighted by atomic mass is 10.1. The first-order valence-electron chi connectivity index (χ1n) is 9.06. The average molecular weight is 376 g/mol. The molecule has 0 saturated carbocycles. The predicted molar refractivity (Wildman–Crippen MR) is 107 cm³/mol. The van der Waals surface area contributed by atoms with E-state index in [-0.39, 0.29) is 17.6 Å². The van der Waals surface area contributed by atoms with Crippen LogP contribution in [0.4, 0.5) is 10.1 Å². The maximum atomic E-state index is 13.0. The normalized spacial score (nSPS) is 10.3. The summed E-state index contributed by atoms with van der Waals surface area (Å²) >= 11 is 0. The van der Waals surface area contributed by atoms with Crippen molar-refractivity contribution in [2.24, 2.45) is 0 Å². The Balaban J connectivity index is 1.51. The summed E-state index contributed by atoms with van der Waals surface area (Å²) in [5, 5.41) is 5.67. The molecule has 142 valence electrons. The molecule has 0 atom stereocenters. The van der Waals surface area contributed by atoms with Crippen LogP contribution in [0.2, 0.25) is 0 Å². The number of carbonyl (C=O) groups excluding carboxylic acids is 2. The first-order valence-corrected chi connectivity index (χ1v) is 9.06. The summed E-state index contributed by atoms with van der Waals surface area (Å²) in [5.74, 6) is -0.727. The van der Waals surface area contributed by atoms with Crippen LogP contribution in [0.5, 0.6) is 0 Å². The smallest absolute Gasteiger partial charge is 0.255 e. The monoisotopic (exact) mass is 376 g/mol. The second-order valence-electron chi connectivity index (χ2n) is 6.42. The summed E-state index contributed by atoms with van der Waals surface area (Å²) in [5.41, 5.74) is 3.00. The molecule has 0 fully saturated rings. The third kappa shape index (κ3) is 5.77. The van der Waals surface area contributed by atoms with E-state index in [1.807, 2.05) is 42.5 Å². The van der Waals surface area contributed by atoms with Gasteiger partial charge in [-0.2, -0.15) is 0 Å². The van der Waals surface area contributed by atoms with Gasteiger partial charge in [-0.15, -0.1) is 0 Å². The van der Waals surface area contributed by atoms with Crippen molar-refractivity contribution < 1.29 is 14.0 Å². The maximum Gasteiger partial charge on any atom is 0.255 e. The van der Waals surface area contributed by atoms with E-state index in [9.17, 15) is 14.0 Å². The van der Waals surface area contributed by atoms with Crippen LogP contribution in [-0.4, -0.2) is 11.8 Å². The van der Waals surface area contributed by atoms with E-state index in [0.29, 0.717) is 30.6 Å². The van der Waals surface area contributed by atoms with E-state index in [4.69, 9.17) is 0 Å². The Kier molecular flexibility index (Phi) is 6.52. The largest absolute Gasteiger partial charge is 0.352 e. The molecule has 4 nitrogen and oxygen atoms in total. The lowest BCUT2D eigenvalue weighted by Crippen LogP contribution is -2.23. The molecule has 2 amide bonds. The van der Waals surface area contributed by atoms with E-state index < -0.39 is 0 Å². The number of aryl methyl sites for hydroxylation is 1. The zero-order chi connectivity index (χ0) is 19.8. The SMILES string of the molecule is O=C(CCc1ccccc1)NCc1cccc(NC(=O)c2ccc(F)cc2)c1.